The first-order chi connectivity index (χ1) is 21.8. The monoisotopic (exact) mass is 658 g/mol. The van der Waals surface area contributed by atoms with Crippen molar-refractivity contribution in [2.75, 3.05) is 13.2 Å². The SMILES string of the molecule is CCCCC/C=C/CCCCCCCC(=O)OC[C@H](COP(=O)(O)O)OC(=O)CC/C=C/CCCCCCCCCCCCC. The van der Waals surface area contributed by atoms with Crippen LogP contribution in [0.5, 0.6) is 0 Å². The normalized spacial score (nSPS) is 12.7. The van der Waals surface area contributed by atoms with Gasteiger partial charge in [0, 0.05) is 12.8 Å². The molecular formula is C36H67O8P. The molecule has 8 nitrogen and oxygen atoms in total. The number of allylic oxidation sites excluding steroid dienone is 4. The van der Waals surface area contributed by atoms with Gasteiger partial charge in [-0.25, -0.2) is 4.57 Å². The predicted octanol–water partition coefficient (Wildman–Crippen LogP) is 10.5. The summed E-state index contributed by atoms with van der Waals surface area (Å²) < 4.78 is 26.2. The fourth-order valence-electron chi connectivity index (χ4n) is 4.97. The maximum atomic E-state index is 12.3. The summed E-state index contributed by atoms with van der Waals surface area (Å²) in [5, 5.41) is 0. The lowest BCUT2D eigenvalue weighted by Crippen LogP contribution is -2.29. The van der Waals surface area contributed by atoms with Crippen molar-refractivity contribution in [3.05, 3.63) is 24.3 Å². The number of esters is 2. The van der Waals surface area contributed by atoms with Gasteiger partial charge in [-0.1, -0.05) is 134 Å². The van der Waals surface area contributed by atoms with Gasteiger partial charge in [-0.3, -0.25) is 14.1 Å². The van der Waals surface area contributed by atoms with Crippen molar-refractivity contribution >= 4 is 19.8 Å². The molecular weight excluding hydrogens is 591 g/mol. The zero-order valence-corrected chi connectivity index (χ0v) is 29.7. The standard InChI is InChI=1S/C36H67O8P/c1-3-5-7-9-11-13-15-17-18-19-21-23-25-27-29-31-36(38)44-34(33-43-45(39,40)41)32-42-35(37)30-28-26-24-22-20-16-14-12-10-8-6-4-2/h12,14,25,27,34H,3-11,13,15-24,26,28-33H2,1-2H3,(H2,39,40,41)/b14-12+,27-25+/t34-/m1/s1. The fourth-order valence-corrected chi connectivity index (χ4v) is 5.33. The number of ether oxygens (including phenoxy) is 2. The highest BCUT2D eigenvalue weighted by atomic mass is 31.2. The Morgan fingerprint density at radius 3 is 1.49 bits per heavy atom. The molecule has 0 bridgehead atoms. The van der Waals surface area contributed by atoms with E-state index in [-0.39, 0.29) is 19.4 Å². The van der Waals surface area contributed by atoms with Crippen molar-refractivity contribution in [1.82, 2.24) is 0 Å². The third-order valence-electron chi connectivity index (χ3n) is 7.71. The second-order valence-corrected chi connectivity index (χ2v) is 13.4. The Morgan fingerprint density at radius 2 is 0.978 bits per heavy atom. The zero-order chi connectivity index (χ0) is 33.3. The smallest absolute Gasteiger partial charge is 0.462 e. The molecule has 0 unspecified atom stereocenters. The van der Waals surface area contributed by atoms with E-state index in [1.807, 2.05) is 6.08 Å². The van der Waals surface area contributed by atoms with E-state index in [1.54, 1.807) is 0 Å². The van der Waals surface area contributed by atoms with Crippen LogP contribution in [0.3, 0.4) is 0 Å². The van der Waals surface area contributed by atoms with E-state index >= 15 is 0 Å². The van der Waals surface area contributed by atoms with Gasteiger partial charge in [0.25, 0.3) is 0 Å². The molecule has 0 saturated carbocycles. The lowest BCUT2D eigenvalue weighted by molar-refractivity contribution is -0.161. The maximum Gasteiger partial charge on any atom is 0.469 e. The van der Waals surface area contributed by atoms with Crippen molar-refractivity contribution in [3.8, 4) is 0 Å². The molecule has 0 spiro atoms. The Morgan fingerprint density at radius 1 is 0.556 bits per heavy atom. The molecule has 264 valence electrons. The Labute approximate surface area is 275 Å². The van der Waals surface area contributed by atoms with Crippen LogP contribution in [0.15, 0.2) is 24.3 Å². The molecule has 0 rings (SSSR count). The van der Waals surface area contributed by atoms with Crippen LogP contribution in [-0.4, -0.2) is 41.0 Å². The summed E-state index contributed by atoms with van der Waals surface area (Å²) in [6, 6.07) is 0. The van der Waals surface area contributed by atoms with Crippen LogP contribution in [0.2, 0.25) is 0 Å². The van der Waals surface area contributed by atoms with E-state index in [2.05, 4.69) is 36.6 Å². The molecule has 0 saturated heterocycles. The molecule has 0 radical (unpaired) electrons. The molecule has 0 amide bonds. The van der Waals surface area contributed by atoms with Crippen LogP contribution in [0.1, 0.15) is 174 Å². The predicted molar refractivity (Wildman–Crippen MR) is 184 cm³/mol. The van der Waals surface area contributed by atoms with Gasteiger partial charge >= 0.3 is 19.8 Å². The highest BCUT2D eigenvalue weighted by Gasteiger charge is 2.22. The average molecular weight is 659 g/mol. The molecule has 0 aromatic carbocycles. The average Bonchev–Trinajstić information content (AvgIpc) is 3.00. The molecule has 0 aromatic rings. The van der Waals surface area contributed by atoms with E-state index in [1.165, 1.54) is 89.9 Å². The molecule has 9 heteroatoms. The third-order valence-corrected chi connectivity index (χ3v) is 8.19. The minimum absolute atomic E-state index is 0.129. The number of hydrogen-bond acceptors (Lipinski definition) is 6. The lowest BCUT2D eigenvalue weighted by atomic mass is 10.1. The van der Waals surface area contributed by atoms with Crippen LogP contribution >= 0.6 is 7.82 Å². The van der Waals surface area contributed by atoms with E-state index in [0.717, 1.165) is 44.9 Å². The second kappa shape index (κ2) is 32.5. The summed E-state index contributed by atoms with van der Waals surface area (Å²) in [4.78, 5) is 42.5. The summed E-state index contributed by atoms with van der Waals surface area (Å²) >= 11 is 0. The molecule has 0 fully saturated rings. The molecule has 0 aliphatic heterocycles. The lowest BCUT2D eigenvalue weighted by Gasteiger charge is -2.18. The highest BCUT2D eigenvalue weighted by molar-refractivity contribution is 7.46. The number of carbonyl (C=O) groups excluding carboxylic acids is 2. The summed E-state index contributed by atoms with van der Waals surface area (Å²) in [5.74, 6) is -0.951. The summed E-state index contributed by atoms with van der Waals surface area (Å²) in [6.45, 7) is 3.61. The van der Waals surface area contributed by atoms with Gasteiger partial charge in [0.05, 0.1) is 6.61 Å². The van der Waals surface area contributed by atoms with Gasteiger partial charge in [-0.05, 0) is 51.4 Å². The van der Waals surface area contributed by atoms with Crippen molar-refractivity contribution in [3.63, 3.8) is 0 Å². The number of phosphoric acid groups is 1. The largest absolute Gasteiger partial charge is 0.469 e. The molecule has 0 heterocycles. The number of hydrogen-bond donors (Lipinski definition) is 2. The minimum Gasteiger partial charge on any atom is -0.462 e. The Hall–Kier alpha value is -1.47. The first kappa shape index (κ1) is 43.5. The Balaban J connectivity index is 4.03. The van der Waals surface area contributed by atoms with Gasteiger partial charge < -0.3 is 19.3 Å². The number of carbonyl (C=O) groups is 2. The quantitative estimate of drug-likeness (QED) is 0.0309. The molecule has 2 N–H and O–H groups in total. The summed E-state index contributed by atoms with van der Waals surface area (Å²) in [6.07, 6.45) is 34.8. The van der Waals surface area contributed by atoms with Crippen molar-refractivity contribution in [2.45, 2.75) is 180 Å². The van der Waals surface area contributed by atoms with Crippen molar-refractivity contribution in [1.29, 1.82) is 0 Å². The minimum atomic E-state index is -4.75. The Bertz CT molecular complexity index is 792. The number of unbranched alkanes of at least 4 members (excludes halogenated alkanes) is 19. The van der Waals surface area contributed by atoms with Crippen LogP contribution in [0, 0.1) is 0 Å². The summed E-state index contributed by atoms with van der Waals surface area (Å²) in [5.41, 5.74) is 0. The van der Waals surface area contributed by atoms with Crippen LogP contribution in [0.4, 0.5) is 0 Å². The molecule has 1 atom stereocenters. The highest BCUT2D eigenvalue weighted by Crippen LogP contribution is 2.35. The van der Waals surface area contributed by atoms with Gasteiger partial charge in [0.15, 0.2) is 6.10 Å². The van der Waals surface area contributed by atoms with Gasteiger partial charge in [0.2, 0.25) is 0 Å². The second-order valence-electron chi connectivity index (χ2n) is 12.2. The van der Waals surface area contributed by atoms with E-state index in [4.69, 9.17) is 19.3 Å². The van der Waals surface area contributed by atoms with E-state index < -0.39 is 32.5 Å². The molecule has 0 aliphatic rings. The van der Waals surface area contributed by atoms with Crippen LogP contribution in [0.25, 0.3) is 0 Å². The molecule has 0 aliphatic carbocycles. The molecule has 0 aromatic heterocycles. The third kappa shape index (κ3) is 35.2. The zero-order valence-electron chi connectivity index (χ0n) is 28.8. The topological polar surface area (TPSA) is 119 Å². The van der Waals surface area contributed by atoms with Crippen molar-refractivity contribution in [2.24, 2.45) is 0 Å². The van der Waals surface area contributed by atoms with E-state index in [0.29, 0.717) is 12.8 Å². The van der Waals surface area contributed by atoms with Crippen LogP contribution < -0.4 is 0 Å². The van der Waals surface area contributed by atoms with E-state index in [9.17, 15) is 14.2 Å². The van der Waals surface area contributed by atoms with Gasteiger partial charge in [-0.2, -0.15) is 0 Å². The van der Waals surface area contributed by atoms with Gasteiger partial charge in [0.1, 0.15) is 6.61 Å². The number of rotatable bonds is 33. The van der Waals surface area contributed by atoms with Crippen LogP contribution in [-0.2, 0) is 28.2 Å². The first-order valence-corrected chi connectivity index (χ1v) is 19.7. The maximum absolute atomic E-state index is 12.3. The fraction of sp³-hybridized carbons (Fsp3) is 0.833. The number of phosphoric ester groups is 1. The van der Waals surface area contributed by atoms with Gasteiger partial charge in [-0.15, -0.1) is 0 Å². The van der Waals surface area contributed by atoms with Crippen molar-refractivity contribution < 1.29 is 37.9 Å². The molecule has 45 heavy (non-hydrogen) atoms. The Kier molecular flexibility index (Phi) is 31.4. The summed E-state index contributed by atoms with van der Waals surface area (Å²) in [7, 11) is -4.75. The first-order valence-electron chi connectivity index (χ1n) is 18.1.